The van der Waals surface area contributed by atoms with Gasteiger partial charge in [-0.15, -0.1) is 0 Å². The molecule has 0 amide bonds. The first-order valence-electron chi connectivity index (χ1n) is 5.27. The molecule has 0 aromatic rings. The van der Waals surface area contributed by atoms with E-state index in [0.29, 0.717) is 6.42 Å². The Morgan fingerprint density at radius 3 is 2.69 bits per heavy atom. The van der Waals surface area contributed by atoms with Crippen LogP contribution < -0.4 is 0 Å². The molecule has 0 aliphatic carbocycles. The number of epoxide rings is 1. The van der Waals surface area contributed by atoms with Crippen molar-refractivity contribution in [2.75, 3.05) is 0 Å². The van der Waals surface area contributed by atoms with Crippen molar-refractivity contribution < 1.29 is 14.6 Å². The Bertz CT molecular complexity index is 195. The van der Waals surface area contributed by atoms with E-state index >= 15 is 0 Å². The quantitative estimate of drug-likeness (QED) is 0.675. The Hall–Kier alpha value is -0.120. The van der Waals surface area contributed by atoms with Gasteiger partial charge in [-0.1, -0.05) is 26.7 Å². The molecule has 76 valence electrons. The number of aliphatic hydroxyl groups is 1. The topological polar surface area (TPSA) is 42.0 Å². The Labute approximate surface area is 79.0 Å². The third-order valence-electron chi connectivity index (χ3n) is 2.87. The van der Waals surface area contributed by atoms with Crippen molar-refractivity contribution in [3.8, 4) is 0 Å². The maximum absolute atomic E-state index is 10.1. The van der Waals surface area contributed by atoms with Crippen LogP contribution in [0.1, 0.15) is 39.5 Å². The molecule has 0 radical (unpaired) electrons. The summed E-state index contributed by atoms with van der Waals surface area (Å²) < 4.78 is 11.0. The van der Waals surface area contributed by atoms with Crippen LogP contribution in [0.4, 0.5) is 0 Å². The first-order valence-corrected chi connectivity index (χ1v) is 5.27. The molecule has 13 heavy (non-hydrogen) atoms. The lowest BCUT2D eigenvalue weighted by molar-refractivity contribution is -0.235. The van der Waals surface area contributed by atoms with E-state index in [1.54, 1.807) is 0 Å². The minimum Gasteiger partial charge on any atom is -0.363 e. The third kappa shape index (κ3) is 1.49. The van der Waals surface area contributed by atoms with Crippen molar-refractivity contribution in [2.24, 2.45) is 0 Å². The summed E-state index contributed by atoms with van der Waals surface area (Å²) >= 11 is 0. The van der Waals surface area contributed by atoms with Crippen LogP contribution in [0.15, 0.2) is 0 Å². The molecule has 0 spiro atoms. The largest absolute Gasteiger partial charge is 0.363 e. The Balaban J connectivity index is 1.95. The second-order valence-electron chi connectivity index (χ2n) is 4.06. The highest BCUT2D eigenvalue weighted by Crippen LogP contribution is 2.48. The standard InChI is InChI=1S/C10H18O3/c1-3-5-7-8-9(12-8)10(11,13-7)6-4-2/h7-9,11H,3-6H2,1-2H3/t7-,8-,9-,10-/m0/s1. The fourth-order valence-electron chi connectivity index (χ4n) is 2.23. The molecule has 2 aliphatic rings. The van der Waals surface area contributed by atoms with Crippen LogP contribution in [0, 0.1) is 0 Å². The van der Waals surface area contributed by atoms with E-state index in [1.165, 1.54) is 0 Å². The SMILES string of the molecule is CCC[C@@H]1O[C@@](O)(CCC)[C@H]2O[C@@H]12. The van der Waals surface area contributed by atoms with Gasteiger partial charge in [0.2, 0.25) is 0 Å². The van der Waals surface area contributed by atoms with Crippen LogP contribution in [0.3, 0.4) is 0 Å². The molecule has 0 unspecified atom stereocenters. The van der Waals surface area contributed by atoms with Gasteiger partial charge in [-0.05, 0) is 6.42 Å². The molecule has 1 N–H and O–H groups in total. The summed E-state index contributed by atoms with van der Waals surface area (Å²) in [5, 5.41) is 10.1. The van der Waals surface area contributed by atoms with Crippen LogP contribution in [0.25, 0.3) is 0 Å². The average Bonchev–Trinajstić information content (AvgIpc) is 2.78. The molecule has 0 saturated carbocycles. The van der Waals surface area contributed by atoms with Gasteiger partial charge in [0.15, 0.2) is 5.79 Å². The zero-order valence-electron chi connectivity index (χ0n) is 8.32. The minimum atomic E-state index is -0.973. The molecule has 0 aromatic carbocycles. The lowest BCUT2D eigenvalue weighted by Crippen LogP contribution is -2.36. The van der Waals surface area contributed by atoms with Gasteiger partial charge in [0, 0.05) is 6.42 Å². The summed E-state index contributed by atoms with van der Waals surface area (Å²) in [7, 11) is 0. The van der Waals surface area contributed by atoms with Crippen molar-refractivity contribution in [2.45, 2.75) is 63.6 Å². The number of fused-ring (bicyclic) bond motifs is 1. The maximum Gasteiger partial charge on any atom is 0.195 e. The number of hydrogen-bond acceptors (Lipinski definition) is 3. The second kappa shape index (κ2) is 3.23. The Morgan fingerprint density at radius 2 is 2.08 bits per heavy atom. The van der Waals surface area contributed by atoms with Gasteiger partial charge in [-0.2, -0.15) is 0 Å². The summed E-state index contributed by atoms with van der Waals surface area (Å²) in [4.78, 5) is 0. The van der Waals surface area contributed by atoms with Crippen molar-refractivity contribution in [3.63, 3.8) is 0 Å². The summed E-state index contributed by atoms with van der Waals surface area (Å²) in [6.07, 6.45) is 3.97. The molecule has 0 bridgehead atoms. The molecular weight excluding hydrogens is 168 g/mol. The minimum absolute atomic E-state index is 0.0380. The van der Waals surface area contributed by atoms with E-state index in [4.69, 9.17) is 9.47 Å². The fraction of sp³-hybridized carbons (Fsp3) is 1.00. The Morgan fingerprint density at radius 1 is 1.31 bits per heavy atom. The first kappa shape index (κ1) is 9.44. The van der Waals surface area contributed by atoms with Crippen LogP contribution in [-0.4, -0.2) is 29.2 Å². The third-order valence-corrected chi connectivity index (χ3v) is 2.87. The monoisotopic (exact) mass is 186 g/mol. The summed E-state index contributed by atoms with van der Waals surface area (Å²) in [6, 6.07) is 0. The molecule has 2 heterocycles. The van der Waals surface area contributed by atoms with Crippen LogP contribution in [-0.2, 0) is 9.47 Å². The lowest BCUT2D eigenvalue weighted by Gasteiger charge is -2.25. The van der Waals surface area contributed by atoms with Crippen molar-refractivity contribution >= 4 is 0 Å². The molecule has 0 aromatic heterocycles. The average molecular weight is 186 g/mol. The highest BCUT2D eigenvalue weighted by Gasteiger charge is 2.65. The van der Waals surface area contributed by atoms with E-state index in [0.717, 1.165) is 19.3 Å². The normalized spacial score (nSPS) is 47.8. The van der Waals surface area contributed by atoms with E-state index in [2.05, 4.69) is 6.92 Å². The van der Waals surface area contributed by atoms with Gasteiger partial charge < -0.3 is 14.6 Å². The zero-order valence-corrected chi connectivity index (χ0v) is 8.32. The van der Waals surface area contributed by atoms with Crippen molar-refractivity contribution in [3.05, 3.63) is 0 Å². The first-order chi connectivity index (χ1) is 6.21. The van der Waals surface area contributed by atoms with Crippen LogP contribution >= 0.6 is 0 Å². The Kier molecular flexibility index (Phi) is 2.34. The highest BCUT2D eigenvalue weighted by atomic mass is 16.7. The summed E-state index contributed by atoms with van der Waals surface area (Å²) in [6.45, 7) is 4.17. The lowest BCUT2D eigenvalue weighted by atomic mass is 10.1. The molecule has 3 nitrogen and oxygen atoms in total. The van der Waals surface area contributed by atoms with E-state index in [-0.39, 0.29) is 18.3 Å². The number of ether oxygens (including phenoxy) is 2. The fourth-order valence-corrected chi connectivity index (χ4v) is 2.23. The number of hydrogen-bond donors (Lipinski definition) is 1. The van der Waals surface area contributed by atoms with E-state index in [9.17, 15) is 5.11 Å². The molecule has 3 heteroatoms. The summed E-state index contributed by atoms with van der Waals surface area (Å²) in [5.41, 5.74) is 0. The predicted molar refractivity (Wildman–Crippen MR) is 48.3 cm³/mol. The van der Waals surface area contributed by atoms with Crippen LogP contribution in [0.2, 0.25) is 0 Å². The van der Waals surface area contributed by atoms with Gasteiger partial charge >= 0.3 is 0 Å². The highest BCUT2D eigenvalue weighted by molar-refractivity contribution is 5.06. The van der Waals surface area contributed by atoms with Gasteiger partial charge in [0.25, 0.3) is 0 Å². The van der Waals surface area contributed by atoms with Crippen LogP contribution in [0.5, 0.6) is 0 Å². The van der Waals surface area contributed by atoms with Gasteiger partial charge in [0.1, 0.15) is 12.2 Å². The molecule has 2 saturated heterocycles. The van der Waals surface area contributed by atoms with E-state index < -0.39 is 5.79 Å². The maximum atomic E-state index is 10.1. The van der Waals surface area contributed by atoms with Gasteiger partial charge in [-0.25, -0.2) is 0 Å². The predicted octanol–water partition coefficient (Wildman–Crippen LogP) is 1.44. The molecular formula is C10H18O3. The van der Waals surface area contributed by atoms with Gasteiger partial charge in [-0.3, -0.25) is 0 Å². The van der Waals surface area contributed by atoms with Gasteiger partial charge in [0.05, 0.1) is 6.10 Å². The smallest absolute Gasteiger partial charge is 0.195 e. The van der Waals surface area contributed by atoms with Crippen molar-refractivity contribution in [1.82, 2.24) is 0 Å². The summed E-state index contributed by atoms with van der Waals surface area (Å²) in [5.74, 6) is -0.973. The van der Waals surface area contributed by atoms with E-state index in [1.807, 2.05) is 6.92 Å². The molecule has 2 rings (SSSR count). The second-order valence-corrected chi connectivity index (χ2v) is 4.06. The molecule has 4 atom stereocenters. The van der Waals surface area contributed by atoms with Crippen molar-refractivity contribution in [1.29, 1.82) is 0 Å². The molecule has 2 aliphatic heterocycles. The number of rotatable bonds is 4. The molecule has 2 fully saturated rings. The zero-order chi connectivity index (χ0) is 9.47.